The Balaban J connectivity index is 1.24. The van der Waals surface area contributed by atoms with Crippen molar-refractivity contribution in [2.45, 2.75) is 13.1 Å². The number of nitrogens with two attached hydrogens (primary N) is 1. The van der Waals surface area contributed by atoms with Gasteiger partial charge in [0.05, 0.1) is 0 Å². The standard InChI is InChI=1S/C26H29N5O2/c27-26(33)29-24-12-8-22(9-13-24)25(32)28-23-10-6-21(7-11-23)19-31-16-14-30(15-17-31)18-20-4-2-1-3-5-20/h1-13H,14-19H2,(H,28,32)(H3,27,29,33). The molecule has 0 saturated carbocycles. The van der Waals surface area contributed by atoms with E-state index in [0.29, 0.717) is 11.3 Å². The smallest absolute Gasteiger partial charge is 0.316 e. The molecule has 7 heteroatoms. The van der Waals surface area contributed by atoms with Crippen molar-refractivity contribution in [3.63, 3.8) is 0 Å². The molecule has 0 unspecified atom stereocenters. The molecule has 0 aliphatic carbocycles. The summed E-state index contributed by atoms with van der Waals surface area (Å²) in [6.45, 7) is 6.14. The Morgan fingerprint density at radius 1 is 0.667 bits per heavy atom. The molecule has 7 nitrogen and oxygen atoms in total. The monoisotopic (exact) mass is 443 g/mol. The summed E-state index contributed by atoms with van der Waals surface area (Å²) in [5.74, 6) is -0.206. The molecule has 1 saturated heterocycles. The average Bonchev–Trinajstić information content (AvgIpc) is 2.82. The Labute approximate surface area is 194 Å². The third-order valence-corrected chi connectivity index (χ3v) is 5.75. The quantitative estimate of drug-likeness (QED) is 0.519. The van der Waals surface area contributed by atoms with Gasteiger partial charge in [-0.15, -0.1) is 0 Å². The lowest BCUT2D eigenvalue weighted by Crippen LogP contribution is -2.45. The molecule has 1 aliphatic rings. The maximum atomic E-state index is 12.5. The number of piperazine rings is 1. The maximum absolute atomic E-state index is 12.5. The summed E-state index contributed by atoms with van der Waals surface area (Å²) in [5.41, 5.74) is 9.48. The second-order valence-corrected chi connectivity index (χ2v) is 8.26. The summed E-state index contributed by atoms with van der Waals surface area (Å²) in [7, 11) is 0. The van der Waals surface area contributed by atoms with E-state index in [0.717, 1.165) is 45.0 Å². The molecule has 1 aliphatic heterocycles. The van der Waals surface area contributed by atoms with E-state index >= 15 is 0 Å². The topological polar surface area (TPSA) is 90.7 Å². The van der Waals surface area contributed by atoms with Gasteiger partial charge in [-0.2, -0.15) is 0 Å². The highest BCUT2D eigenvalue weighted by Gasteiger charge is 2.17. The number of hydrogen-bond donors (Lipinski definition) is 3. The SMILES string of the molecule is NC(=O)Nc1ccc(C(=O)Nc2ccc(CN3CCN(Cc4ccccc4)CC3)cc2)cc1. The van der Waals surface area contributed by atoms with Crippen LogP contribution in [-0.2, 0) is 13.1 Å². The lowest BCUT2D eigenvalue weighted by atomic mass is 10.1. The van der Waals surface area contributed by atoms with Crippen molar-refractivity contribution >= 4 is 23.3 Å². The van der Waals surface area contributed by atoms with Gasteiger partial charge in [-0.25, -0.2) is 4.79 Å². The van der Waals surface area contributed by atoms with Gasteiger partial charge in [-0.05, 0) is 47.5 Å². The minimum Gasteiger partial charge on any atom is -0.351 e. The molecule has 0 atom stereocenters. The average molecular weight is 444 g/mol. The number of carbonyl (C=O) groups is 2. The number of anilines is 2. The van der Waals surface area contributed by atoms with Crippen molar-refractivity contribution < 1.29 is 9.59 Å². The van der Waals surface area contributed by atoms with Crippen LogP contribution in [-0.4, -0.2) is 47.9 Å². The van der Waals surface area contributed by atoms with Gasteiger partial charge in [0.15, 0.2) is 0 Å². The molecule has 0 spiro atoms. The van der Waals surface area contributed by atoms with Gasteiger partial charge >= 0.3 is 6.03 Å². The zero-order valence-corrected chi connectivity index (χ0v) is 18.5. The zero-order chi connectivity index (χ0) is 23.0. The zero-order valence-electron chi connectivity index (χ0n) is 18.5. The second-order valence-electron chi connectivity index (χ2n) is 8.26. The van der Waals surface area contributed by atoms with Crippen LogP contribution in [0.5, 0.6) is 0 Å². The first kappa shape index (κ1) is 22.5. The van der Waals surface area contributed by atoms with Crippen LogP contribution in [0.25, 0.3) is 0 Å². The van der Waals surface area contributed by atoms with E-state index in [4.69, 9.17) is 5.73 Å². The van der Waals surface area contributed by atoms with Crippen LogP contribution < -0.4 is 16.4 Å². The van der Waals surface area contributed by atoms with Crippen LogP contribution in [0.1, 0.15) is 21.5 Å². The number of primary amides is 1. The third kappa shape index (κ3) is 6.65. The van der Waals surface area contributed by atoms with Crippen molar-refractivity contribution in [3.05, 3.63) is 95.6 Å². The lowest BCUT2D eigenvalue weighted by molar-refractivity contribution is 0.102. The molecule has 0 radical (unpaired) electrons. The highest BCUT2D eigenvalue weighted by atomic mass is 16.2. The summed E-state index contributed by atoms with van der Waals surface area (Å²) in [5, 5.41) is 5.38. The first-order valence-corrected chi connectivity index (χ1v) is 11.1. The van der Waals surface area contributed by atoms with E-state index in [1.54, 1.807) is 24.3 Å². The van der Waals surface area contributed by atoms with Gasteiger partial charge in [-0.1, -0.05) is 42.5 Å². The Hall–Kier alpha value is -3.68. The van der Waals surface area contributed by atoms with Gasteiger partial charge in [0.1, 0.15) is 0 Å². The van der Waals surface area contributed by atoms with Gasteiger partial charge in [0.25, 0.3) is 5.91 Å². The first-order chi connectivity index (χ1) is 16.0. The third-order valence-electron chi connectivity index (χ3n) is 5.75. The molecule has 170 valence electrons. The maximum Gasteiger partial charge on any atom is 0.316 e. The van der Waals surface area contributed by atoms with E-state index < -0.39 is 6.03 Å². The van der Waals surface area contributed by atoms with E-state index in [1.807, 2.05) is 12.1 Å². The fourth-order valence-electron chi connectivity index (χ4n) is 3.95. The number of carbonyl (C=O) groups excluding carboxylic acids is 2. The summed E-state index contributed by atoms with van der Waals surface area (Å²) >= 11 is 0. The summed E-state index contributed by atoms with van der Waals surface area (Å²) in [6, 6.07) is 24.5. The molecular weight excluding hydrogens is 414 g/mol. The van der Waals surface area contributed by atoms with Crippen LogP contribution in [0, 0.1) is 0 Å². The molecule has 0 bridgehead atoms. The number of nitrogens with one attached hydrogen (secondary N) is 2. The molecule has 3 aromatic rings. The van der Waals surface area contributed by atoms with Gasteiger partial charge < -0.3 is 16.4 Å². The fourth-order valence-corrected chi connectivity index (χ4v) is 3.95. The Bertz CT molecular complexity index is 1060. The molecule has 3 amide bonds. The van der Waals surface area contributed by atoms with E-state index in [1.165, 1.54) is 11.1 Å². The Morgan fingerprint density at radius 2 is 1.15 bits per heavy atom. The van der Waals surface area contributed by atoms with E-state index in [2.05, 4.69) is 62.9 Å². The van der Waals surface area contributed by atoms with Gasteiger partial charge in [0, 0.05) is 56.2 Å². The van der Waals surface area contributed by atoms with Crippen molar-refractivity contribution in [2.75, 3.05) is 36.8 Å². The summed E-state index contributed by atoms with van der Waals surface area (Å²) in [4.78, 5) is 28.3. The van der Waals surface area contributed by atoms with Crippen molar-refractivity contribution in [1.82, 2.24) is 9.80 Å². The molecule has 0 aromatic heterocycles. The minimum absolute atomic E-state index is 0.206. The van der Waals surface area contributed by atoms with Crippen molar-refractivity contribution in [3.8, 4) is 0 Å². The van der Waals surface area contributed by atoms with Crippen LogP contribution >= 0.6 is 0 Å². The van der Waals surface area contributed by atoms with Crippen LogP contribution in [0.2, 0.25) is 0 Å². The summed E-state index contributed by atoms with van der Waals surface area (Å²) < 4.78 is 0. The molecule has 3 aromatic carbocycles. The largest absolute Gasteiger partial charge is 0.351 e. The number of hydrogen-bond acceptors (Lipinski definition) is 4. The summed E-state index contributed by atoms with van der Waals surface area (Å²) in [6.07, 6.45) is 0. The number of rotatable bonds is 7. The molecule has 4 N–H and O–H groups in total. The van der Waals surface area contributed by atoms with Gasteiger partial charge in [-0.3, -0.25) is 14.6 Å². The number of benzene rings is 3. The van der Waals surface area contributed by atoms with Crippen LogP contribution in [0.15, 0.2) is 78.9 Å². The van der Waals surface area contributed by atoms with Crippen LogP contribution in [0.4, 0.5) is 16.2 Å². The highest BCUT2D eigenvalue weighted by molar-refractivity contribution is 6.04. The van der Waals surface area contributed by atoms with E-state index in [-0.39, 0.29) is 5.91 Å². The molecule has 1 heterocycles. The molecule has 33 heavy (non-hydrogen) atoms. The second kappa shape index (κ2) is 10.8. The number of nitrogens with zero attached hydrogens (tertiary/aromatic N) is 2. The highest BCUT2D eigenvalue weighted by Crippen LogP contribution is 2.16. The molecule has 4 rings (SSSR count). The van der Waals surface area contributed by atoms with Crippen molar-refractivity contribution in [1.29, 1.82) is 0 Å². The lowest BCUT2D eigenvalue weighted by Gasteiger charge is -2.34. The van der Waals surface area contributed by atoms with Crippen molar-refractivity contribution in [2.24, 2.45) is 5.73 Å². The molecule has 1 fully saturated rings. The van der Waals surface area contributed by atoms with E-state index in [9.17, 15) is 9.59 Å². The minimum atomic E-state index is -0.638. The first-order valence-electron chi connectivity index (χ1n) is 11.1. The predicted octanol–water partition coefficient (Wildman–Crippen LogP) is 3.75. The normalized spacial score (nSPS) is 14.5. The number of amides is 3. The predicted molar refractivity (Wildman–Crippen MR) is 131 cm³/mol. The Kier molecular flexibility index (Phi) is 7.34. The molecular formula is C26H29N5O2. The fraction of sp³-hybridized carbons (Fsp3) is 0.231. The number of urea groups is 1. The Morgan fingerprint density at radius 3 is 1.70 bits per heavy atom. The van der Waals surface area contributed by atoms with Gasteiger partial charge in [0.2, 0.25) is 0 Å². The van der Waals surface area contributed by atoms with Crippen LogP contribution in [0.3, 0.4) is 0 Å².